The number of rotatable bonds is 2. The lowest BCUT2D eigenvalue weighted by Gasteiger charge is -2.33. The topological polar surface area (TPSA) is 49.3 Å². The van der Waals surface area contributed by atoms with E-state index in [1.54, 1.807) is 0 Å². The van der Waals surface area contributed by atoms with E-state index in [1.807, 2.05) is 0 Å². The molecule has 1 heterocycles. The Hall–Kier alpha value is -0.570. The Morgan fingerprint density at radius 3 is 2.31 bits per heavy atom. The van der Waals surface area contributed by atoms with Gasteiger partial charge in [0.15, 0.2) is 0 Å². The second-order valence-corrected chi connectivity index (χ2v) is 5.44. The molecular weight excluding hydrogens is 202 g/mol. The van der Waals surface area contributed by atoms with Crippen LogP contribution >= 0.6 is 0 Å². The summed E-state index contributed by atoms with van der Waals surface area (Å²) in [7, 11) is 0. The van der Waals surface area contributed by atoms with Gasteiger partial charge in [0.05, 0.1) is 5.92 Å². The van der Waals surface area contributed by atoms with E-state index < -0.39 is 5.97 Å². The standard InChI is InChI=1S/C13H23NO2/c15-13(16)12-7-11(8-14-9-12)10-5-3-1-2-4-6-10/h10-12,14H,1-9H2,(H,15,16). The average molecular weight is 225 g/mol. The second-order valence-electron chi connectivity index (χ2n) is 5.44. The Balaban J connectivity index is 1.89. The number of piperidine rings is 1. The average Bonchev–Trinajstić information content (AvgIpc) is 2.57. The summed E-state index contributed by atoms with van der Waals surface area (Å²) in [5.41, 5.74) is 0. The highest BCUT2D eigenvalue weighted by molar-refractivity contribution is 5.70. The van der Waals surface area contributed by atoms with Gasteiger partial charge in [-0.3, -0.25) is 4.79 Å². The van der Waals surface area contributed by atoms with Crippen LogP contribution in [0.15, 0.2) is 0 Å². The van der Waals surface area contributed by atoms with Gasteiger partial charge in [0.25, 0.3) is 0 Å². The summed E-state index contributed by atoms with van der Waals surface area (Å²) in [6, 6.07) is 0. The predicted molar refractivity (Wildman–Crippen MR) is 63.3 cm³/mol. The van der Waals surface area contributed by atoms with Crippen molar-refractivity contribution >= 4 is 5.97 Å². The Morgan fingerprint density at radius 1 is 1.00 bits per heavy atom. The fraction of sp³-hybridized carbons (Fsp3) is 0.923. The van der Waals surface area contributed by atoms with E-state index in [0.717, 1.165) is 18.9 Å². The maximum Gasteiger partial charge on any atom is 0.307 e. The third-order valence-corrected chi connectivity index (χ3v) is 4.30. The molecule has 3 heteroatoms. The Bertz CT molecular complexity index is 234. The van der Waals surface area contributed by atoms with Gasteiger partial charge in [-0.05, 0) is 24.8 Å². The van der Waals surface area contributed by atoms with Gasteiger partial charge in [0.1, 0.15) is 0 Å². The lowest BCUT2D eigenvalue weighted by atomic mass is 9.78. The second kappa shape index (κ2) is 5.67. The van der Waals surface area contributed by atoms with E-state index in [1.165, 1.54) is 38.5 Å². The molecule has 92 valence electrons. The number of carboxylic acids is 1. The van der Waals surface area contributed by atoms with E-state index in [-0.39, 0.29) is 5.92 Å². The minimum atomic E-state index is -0.620. The molecule has 16 heavy (non-hydrogen) atoms. The highest BCUT2D eigenvalue weighted by Gasteiger charge is 2.31. The highest BCUT2D eigenvalue weighted by atomic mass is 16.4. The van der Waals surface area contributed by atoms with Crippen molar-refractivity contribution < 1.29 is 9.90 Å². The number of hydrogen-bond acceptors (Lipinski definition) is 2. The van der Waals surface area contributed by atoms with Crippen LogP contribution in [0.3, 0.4) is 0 Å². The minimum absolute atomic E-state index is 0.151. The maximum absolute atomic E-state index is 11.0. The number of aliphatic carboxylic acids is 1. The fourth-order valence-electron chi connectivity index (χ4n) is 3.30. The van der Waals surface area contributed by atoms with E-state index in [2.05, 4.69) is 5.32 Å². The molecule has 2 atom stereocenters. The van der Waals surface area contributed by atoms with Crippen molar-refractivity contribution in [3.63, 3.8) is 0 Å². The van der Waals surface area contributed by atoms with Gasteiger partial charge in [0.2, 0.25) is 0 Å². The lowest BCUT2D eigenvalue weighted by molar-refractivity contribution is -0.143. The van der Waals surface area contributed by atoms with Crippen LogP contribution in [-0.2, 0) is 4.79 Å². The largest absolute Gasteiger partial charge is 0.481 e. The van der Waals surface area contributed by atoms with Crippen molar-refractivity contribution in [2.75, 3.05) is 13.1 Å². The monoisotopic (exact) mass is 225 g/mol. The van der Waals surface area contributed by atoms with Crippen LogP contribution in [0.2, 0.25) is 0 Å². The van der Waals surface area contributed by atoms with Crippen molar-refractivity contribution in [1.82, 2.24) is 5.32 Å². The van der Waals surface area contributed by atoms with Crippen LogP contribution in [0.4, 0.5) is 0 Å². The molecule has 0 aromatic heterocycles. The van der Waals surface area contributed by atoms with Gasteiger partial charge >= 0.3 is 5.97 Å². The molecule has 0 aromatic rings. The fourth-order valence-corrected chi connectivity index (χ4v) is 3.30. The smallest absolute Gasteiger partial charge is 0.307 e. The first-order chi connectivity index (χ1) is 7.77. The zero-order valence-corrected chi connectivity index (χ0v) is 9.95. The quantitative estimate of drug-likeness (QED) is 0.709. The molecule has 0 radical (unpaired) electrons. The summed E-state index contributed by atoms with van der Waals surface area (Å²) >= 11 is 0. The number of carbonyl (C=O) groups is 1. The Kier molecular flexibility index (Phi) is 4.22. The van der Waals surface area contributed by atoms with Crippen molar-refractivity contribution in [1.29, 1.82) is 0 Å². The summed E-state index contributed by atoms with van der Waals surface area (Å²) in [6.45, 7) is 1.70. The highest BCUT2D eigenvalue weighted by Crippen LogP contribution is 2.33. The Labute approximate surface area is 97.6 Å². The van der Waals surface area contributed by atoms with Crippen LogP contribution in [0.1, 0.15) is 44.9 Å². The zero-order chi connectivity index (χ0) is 11.4. The third kappa shape index (κ3) is 2.97. The molecule has 2 rings (SSSR count). The van der Waals surface area contributed by atoms with Crippen molar-refractivity contribution in [2.45, 2.75) is 44.9 Å². The molecule has 2 unspecified atom stereocenters. The van der Waals surface area contributed by atoms with E-state index in [9.17, 15) is 4.79 Å². The first-order valence-corrected chi connectivity index (χ1v) is 6.71. The molecule has 2 fully saturated rings. The van der Waals surface area contributed by atoms with E-state index in [0.29, 0.717) is 12.5 Å². The van der Waals surface area contributed by atoms with Gasteiger partial charge in [-0.25, -0.2) is 0 Å². The van der Waals surface area contributed by atoms with Crippen LogP contribution in [0.25, 0.3) is 0 Å². The molecule has 1 saturated heterocycles. The molecule has 2 N–H and O–H groups in total. The van der Waals surface area contributed by atoms with Gasteiger partial charge in [-0.1, -0.05) is 38.5 Å². The SMILES string of the molecule is O=C(O)C1CNCC(C2CCCCCC2)C1. The summed E-state index contributed by atoms with van der Waals surface area (Å²) in [5, 5.41) is 12.4. The number of hydrogen-bond donors (Lipinski definition) is 2. The molecule has 1 saturated carbocycles. The van der Waals surface area contributed by atoms with Crippen molar-refractivity contribution in [3.8, 4) is 0 Å². The first-order valence-electron chi connectivity index (χ1n) is 6.71. The predicted octanol–water partition coefficient (Wildman–Crippen LogP) is 2.27. The summed E-state index contributed by atoms with van der Waals surface area (Å²) in [5.74, 6) is 0.609. The number of nitrogens with one attached hydrogen (secondary N) is 1. The molecule has 1 aliphatic carbocycles. The molecule has 1 aliphatic heterocycles. The van der Waals surface area contributed by atoms with Crippen LogP contribution < -0.4 is 5.32 Å². The normalized spacial score (nSPS) is 33.2. The first kappa shape index (κ1) is 11.9. The zero-order valence-electron chi connectivity index (χ0n) is 9.95. The lowest BCUT2D eigenvalue weighted by Crippen LogP contribution is -2.42. The van der Waals surface area contributed by atoms with Gasteiger partial charge < -0.3 is 10.4 Å². The van der Waals surface area contributed by atoms with E-state index in [4.69, 9.17) is 5.11 Å². The third-order valence-electron chi connectivity index (χ3n) is 4.30. The molecule has 0 spiro atoms. The molecule has 0 aromatic carbocycles. The summed E-state index contributed by atoms with van der Waals surface area (Å²) < 4.78 is 0. The molecule has 0 bridgehead atoms. The van der Waals surface area contributed by atoms with Crippen LogP contribution in [-0.4, -0.2) is 24.2 Å². The van der Waals surface area contributed by atoms with Crippen molar-refractivity contribution in [3.05, 3.63) is 0 Å². The molecule has 0 amide bonds. The van der Waals surface area contributed by atoms with Crippen LogP contribution in [0.5, 0.6) is 0 Å². The summed E-state index contributed by atoms with van der Waals surface area (Å²) in [6.07, 6.45) is 8.97. The maximum atomic E-state index is 11.0. The van der Waals surface area contributed by atoms with Crippen molar-refractivity contribution in [2.24, 2.45) is 17.8 Å². The summed E-state index contributed by atoms with van der Waals surface area (Å²) in [4.78, 5) is 11.0. The van der Waals surface area contributed by atoms with Gasteiger partial charge in [-0.15, -0.1) is 0 Å². The molecule has 2 aliphatic rings. The van der Waals surface area contributed by atoms with Gasteiger partial charge in [-0.2, -0.15) is 0 Å². The Morgan fingerprint density at radius 2 is 1.69 bits per heavy atom. The molecular formula is C13H23NO2. The minimum Gasteiger partial charge on any atom is -0.481 e. The molecule has 3 nitrogen and oxygen atoms in total. The van der Waals surface area contributed by atoms with E-state index >= 15 is 0 Å². The number of carboxylic acid groups (broad SMARTS) is 1. The van der Waals surface area contributed by atoms with Gasteiger partial charge in [0, 0.05) is 6.54 Å². The van der Waals surface area contributed by atoms with Crippen LogP contribution in [0, 0.1) is 17.8 Å².